The van der Waals surface area contributed by atoms with Gasteiger partial charge in [-0.1, -0.05) is 54.1 Å². The summed E-state index contributed by atoms with van der Waals surface area (Å²) >= 11 is 5.73. The molecule has 0 radical (unpaired) electrons. The molecule has 0 atom stereocenters. The summed E-state index contributed by atoms with van der Waals surface area (Å²) in [5.41, 5.74) is 2.50. The van der Waals surface area contributed by atoms with Crippen molar-refractivity contribution in [2.24, 2.45) is 0 Å². The minimum absolute atomic E-state index is 0.0594. The molecule has 6 heteroatoms. The Labute approximate surface area is 197 Å². The lowest BCUT2D eigenvalue weighted by Gasteiger charge is -2.29. The van der Waals surface area contributed by atoms with Crippen LogP contribution in [0.3, 0.4) is 0 Å². The van der Waals surface area contributed by atoms with E-state index in [2.05, 4.69) is 6.58 Å². The fourth-order valence-electron chi connectivity index (χ4n) is 3.99. The van der Waals surface area contributed by atoms with Gasteiger partial charge in [0.2, 0.25) is 0 Å². The van der Waals surface area contributed by atoms with Gasteiger partial charge >= 0.3 is 0 Å². The normalized spacial score (nSPS) is 18.5. The molecule has 0 spiro atoms. The van der Waals surface area contributed by atoms with Crippen molar-refractivity contribution < 1.29 is 23.0 Å². The molecule has 3 nitrogen and oxygen atoms in total. The van der Waals surface area contributed by atoms with Crippen LogP contribution in [0.2, 0.25) is 5.02 Å². The van der Waals surface area contributed by atoms with Gasteiger partial charge in [0.25, 0.3) is 0 Å². The van der Waals surface area contributed by atoms with Crippen LogP contribution in [-0.2, 0) is 33.5 Å². The lowest BCUT2D eigenvalue weighted by atomic mass is 9.98. The first kappa shape index (κ1) is 23.8. The highest BCUT2D eigenvalue weighted by molar-refractivity contribution is 6.30. The van der Waals surface area contributed by atoms with Crippen LogP contribution < -0.4 is 0 Å². The largest absolute Gasteiger partial charge is 0.369 e. The highest BCUT2D eigenvalue weighted by Crippen LogP contribution is 2.25. The summed E-state index contributed by atoms with van der Waals surface area (Å²) in [5, 5.41) is 1.54. The molecule has 1 fully saturated rings. The first-order chi connectivity index (χ1) is 16.0. The molecule has 1 saturated heterocycles. The van der Waals surface area contributed by atoms with Gasteiger partial charge in [0.05, 0.1) is 24.8 Å². The zero-order valence-electron chi connectivity index (χ0n) is 18.4. The molecule has 33 heavy (non-hydrogen) atoms. The molecule has 0 saturated carbocycles. The van der Waals surface area contributed by atoms with Crippen LogP contribution in [0.4, 0.5) is 8.78 Å². The minimum atomic E-state index is -0.453. The fourth-order valence-corrected chi connectivity index (χ4v) is 4.10. The van der Waals surface area contributed by atoms with E-state index in [1.54, 1.807) is 12.1 Å². The van der Waals surface area contributed by atoms with Crippen LogP contribution >= 0.6 is 11.6 Å². The maximum Gasteiger partial charge on any atom is 0.158 e. The third-order valence-electron chi connectivity index (χ3n) is 5.82. The van der Waals surface area contributed by atoms with Gasteiger partial charge in [-0.15, -0.1) is 6.58 Å². The zero-order chi connectivity index (χ0) is 23.2. The Morgan fingerprint density at radius 1 is 0.970 bits per heavy atom. The van der Waals surface area contributed by atoms with Crippen molar-refractivity contribution in [1.82, 2.24) is 0 Å². The molecule has 3 aromatic rings. The quantitative estimate of drug-likeness (QED) is 0.336. The van der Waals surface area contributed by atoms with E-state index in [1.807, 2.05) is 30.3 Å². The summed E-state index contributed by atoms with van der Waals surface area (Å²) in [5.74, 6) is -0.677. The molecule has 1 aliphatic heterocycles. The Kier molecular flexibility index (Phi) is 8.10. The number of aryl methyl sites for hydroxylation is 3. The number of fused-ring (bicyclic) bond motifs is 1. The molecule has 4 rings (SSSR count). The van der Waals surface area contributed by atoms with E-state index in [9.17, 15) is 4.39 Å². The van der Waals surface area contributed by atoms with Gasteiger partial charge in [-0.25, -0.2) is 8.78 Å². The topological polar surface area (TPSA) is 27.7 Å². The Bertz CT molecular complexity index is 1110. The fraction of sp³-hybridized carbons (Fsp3) is 0.333. The standard InChI is InChI=1S/C27H27ClF2O3/c1-2-13-31-22-16-32-26(33-17-22)12-6-18-4-10-23-21(14-18)9-8-20(27(23)30)7-3-19-5-11-24(28)25(29)15-19/h2,4-5,8-11,14-15,22,26H,1,3,6-7,12-13,16-17H2. The second-order valence-electron chi connectivity index (χ2n) is 8.22. The van der Waals surface area contributed by atoms with Gasteiger partial charge in [-0.3, -0.25) is 0 Å². The molecule has 1 heterocycles. The number of hydrogen-bond donors (Lipinski definition) is 0. The monoisotopic (exact) mass is 472 g/mol. The maximum absolute atomic E-state index is 15.1. The summed E-state index contributed by atoms with van der Waals surface area (Å²) in [6.45, 7) is 5.13. The van der Waals surface area contributed by atoms with E-state index < -0.39 is 5.82 Å². The van der Waals surface area contributed by atoms with Crippen LogP contribution in [0, 0.1) is 11.6 Å². The van der Waals surface area contributed by atoms with Crippen LogP contribution in [0.25, 0.3) is 10.8 Å². The summed E-state index contributed by atoms with van der Waals surface area (Å²) in [6.07, 6.45) is 3.89. The number of rotatable bonds is 9. The van der Waals surface area contributed by atoms with E-state index >= 15 is 4.39 Å². The van der Waals surface area contributed by atoms with E-state index in [4.69, 9.17) is 25.8 Å². The van der Waals surface area contributed by atoms with Gasteiger partial charge < -0.3 is 14.2 Å². The average molecular weight is 473 g/mol. The van der Waals surface area contributed by atoms with Crippen molar-refractivity contribution in [1.29, 1.82) is 0 Å². The molecular formula is C27H27ClF2O3. The molecular weight excluding hydrogens is 446 g/mol. The Hall–Kier alpha value is -2.31. The van der Waals surface area contributed by atoms with Crippen LogP contribution in [0.15, 0.2) is 61.2 Å². The summed E-state index contributed by atoms with van der Waals surface area (Å²) in [4.78, 5) is 0. The van der Waals surface area contributed by atoms with E-state index in [0.717, 1.165) is 29.4 Å². The third-order valence-corrected chi connectivity index (χ3v) is 6.13. The second-order valence-corrected chi connectivity index (χ2v) is 8.63. The predicted molar refractivity (Wildman–Crippen MR) is 127 cm³/mol. The third kappa shape index (κ3) is 6.18. The van der Waals surface area contributed by atoms with Gasteiger partial charge in [-0.2, -0.15) is 0 Å². The molecule has 1 aliphatic rings. The Morgan fingerprint density at radius 2 is 1.73 bits per heavy atom. The molecule has 0 amide bonds. The maximum atomic E-state index is 15.1. The highest BCUT2D eigenvalue weighted by Gasteiger charge is 2.22. The average Bonchev–Trinajstić information content (AvgIpc) is 2.83. The molecule has 3 aromatic carbocycles. The van der Waals surface area contributed by atoms with Crippen LogP contribution in [-0.4, -0.2) is 32.2 Å². The van der Waals surface area contributed by atoms with Gasteiger partial charge in [0.15, 0.2) is 6.29 Å². The smallest absolute Gasteiger partial charge is 0.158 e. The molecule has 174 valence electrons. The first-order valence-corrected chi connectivity index (χ1v) is 11.5. The molecule has 0 aliphatic carbocycles. The summed E-state index contributed by atoms with van der Waals surface area (Å²) < 4.78 is 45.8. The molecule has 0 N–H and O–H groups in total. The lowest BCUT2D eigenvalue weighted by Crippen LogP contribution is -2.37. The van der Waals surface area contributed by atoms with E-state index in [0.29, 0.717) is 43.6 Å². The van der Waals surface area contributed by atoms with Crippen LogP contribution in [0.5, 0.6) is 0 Å². The zero-order valence-corrected chi connectivity index (χ0v) is 19.1. The van der Waals surface area contributed by atoms with Crippen molar-refractivity contribution in [2.75, 3.05) is 19.8 Å². The number of halogens is 3. The second kappa shape index (κ2) is 11.2. The number of benzene rings is 3. The summed E-state index contributed by atoms with van der Waals surface area (Å²) in [6, 6.07) is 14.2. The molecule has 0 unspecified atom stereocenters. The Morgan fingerprint density at radius 3 is 2.48 bits per heavy atom. The van der Waals surface area contributed by atoms with Crippen molar-refractivity contribution in [3.8, 4) is 0 Å². The van der Waals surface area contributed by atoms with Crippen LogP contribution in [0.1, 0.15) is 23.1 Å². The van der Waals surface area contributed by atoms with Crippen molar-refractivity contribution in [2.45, 2.75) is 38.1 Å². The van der Waals surface area contributed by atoms with Crippen molar-refractivity contribution in [3.63, 3.8) is 0 Å². The Balaban J connectivity index is 1.34. The lowest BCUT2D eigenvalue weighted by molar-refractivity contribution is -0.225. The van der Waals surface area contributed by atoms with Gasteiger partial charge in [-0.05, 0) is 53.5 Å². The molecule has 0 aromatic heterocycles. The number of hydrogen-bond acceptors (Lipinski definition) is 3. The van der Waals surface area contributed by atoms with E-state index in [1.165, 1.54) is 12.1 Å². The van der Waals surface area contributed by atoms with Gasteiger partial charge in [0.1, 0.15) is 17.7 Å². The van der Waals surface area contributed by atoms with Gasteiger partial charge in [0, 0.05) is 11.8 Å². The van der Waals surface area contributed by atoms with E-state index in [-0.39, 0.29) is 23.2 Å². The first-order valence-electron chi connectivity index (χ1n) is 11.1. The molecule has 0 bridgehead atoms. The number of ether oxygens (including phenoxy) is 3. The highest BCUT2D eigenvalue weighted by atomic mass is 35.5. The van der Waals surface area contributed by atoms with Crippen molar-refractivity contribution >= 4 is 22.4 Å². The predicted octanol–water partition coefficient (Wildman–Crippen LogP) is 6.43. The summed E-state index contributed by atoms with van der Waals surface area (Å²) in [7, 11) is 0. The van der Waals surface area contributed by atoms with Crippen molar-refractivity contribution in [3.05, 3.63) is 94.5 Å². The minimum Gasteiger partial charge on any atom is -0.369 e. The SMILES string of the molecule is C=CCOC1COC(CCc2ccc3c(F)c(CCc4ccc(Cl)c(F)c4)ccc3c2)OC1.